The first-order valence-corrected chi connectivity index (χ1v) is 5.07. The number of anilines is 2. The number of benzene rings is 1. The van der Waals surface area contributed by atoms with Crippen molar-refractivity contribution in [2.75, 3.05) is 23.8 Å². The second-order valence-electron chi connectivity index (χ2n) is 4.09. The van der Waals surface area contributed by atoms with Gasteiger partial charge in [0.05, 0.1) is 18.8 Å². The molecule has 2 aliphatic rings. The van der Waals surface area contributed by atoms with Crippen LogP contribution < -0.4 is 10.6 Å². The second-order valence-corrected chi connectivity index (χ2v) is 4.09. The van der Waals surface area contributed by atoms with E-state index in [2.05, 4.69) is 11.0 Å². The fourth-order valence-corrected chi connectivity index (χ4v) is 2.42. The van der Waals surface area contributed by atoms with E-state index in [1.54, 1.807) is 0 Å². The van der Waals surface area contributed by atoms with Crippen LogP contribution in [0.1, 0.15) is 6.42 Å². The number of nitrogen functional groups attached to an aromatic ring is 1. The van der Waals surface area contributed by atoms with Crippen LogP contribution in [0.2, 0.25) is 0 Å². The van der Waals surface area contributed by atoms with Gasteiger partial charge in [0.2, 0.25) is 0 Å². The summed E-state index contributed by atoms with van der Waals surface area (Å²) < 4.78 is 5.56. The van der Waals surface area contributed by atoms with Crippen LogP contribution in [0, 0.1) is 0 Å². The minimum Gasteiger partial charge on any atom is -0.399 e. The molecule has 2 heterocycles. The highest BCUT2D eigenvalue weighted by molar-refractivity contribution is 5.57. The van der Waals surface area contributed by atoms with E-state index in [-0.39, 0.29) is 0 Å². The molecule has 0 amide bonds. The van der Waals surface area contributed by atoms with Gasteiger partial charge >= 0.3 is 0 Å². The number of nitrogens with two attached hydrogens (primary N) is 1. The SMILES string of the molecule is Nc1cccc(N2CC3CC2CO3)c1. The van der Waals surface area contributed by atoms with E-state index < -0.39 is 0 Å². The molecule has 2 aliphatic heterocycles. The lowest BCUT2D eigenvalue weighted by Gasteiger charge is -2.29. The predicted octanol–water partition coefficient (Wildman–Crippen LogP) is 1.25. The molecule has 1 aromatic rings. The molecule has 74 valence electrons. The highest BCUT2D eigenvalue weighted by atomic mass is 16.5. The summed E-state index contributed by atoms with van der Waals surface area (Å²) in [4.78, 5) is 2.41. The van der Waals surface area contributed by atoms with Gasteiger partial charge in [0.1, 0.15) is 0 Å². The number of hydrogen-bond acceptors (Lipinski definition) is 3. The van der Waals surface area contributed by atoms with Gasteiger partial charge in [-0.15, -0.1) is 0 Å². The Balaban J connectivity index is 1.89. The Morgan fingerprint density at radius 2 is 2.36 bits per heavy atom. The minimum atomic E-state index is 0.446. The Morgan fingerprint density at radius 1 is 1.43 bits per heavy atom. The molecule has 2 atom stereocenters. The molecule has 0 aromatic heterocycles. The number of morpholine rings is 1. The van der Waals surface area contributed by atoms with E-state index in [9.17, 15) is 0 Å². The van der Waals surface area contributed by atoms with Crippen LogP contribution in [0.3, 0.4) is 0 Å². The van der Waals surface area contributed by atoms with Crippen molar-refractivity contribution in [1.82, 2.24) is 0 Å². The molecule has 3 rings (SSSR count). The minimum absolute atomic E-state index is 0.446. The number of ether oxygens (including phenoxy) is 1. The Labute approximate surface area is 83.5 Å². The summed E-state index contributed by atoms with van der Waals surface area (Å²) >= 11 is 0. The van der Waals surface area contributed by atoms with Crippen molar-refractivity contribution in [2.45, 2.75) is 18.6 Å². The van der Waals surface area contributed by atoms with Crippen molar-refractivity contribution in [3.8, 4) is 0 Å². The molecule has 1 aromatic carbocycles. The van der Waals surface area contributed by atoms with Gasteiger partial charge in [-0.05, 0) is 24.6 Å². The molecule has 0 saturated carbocycles. The van der Waals surface area contributed by atoms with E-state index in [1.807, 2.05) is 18.2 Å². The number of rotatable bonds is 1. The number of nitrogens with zero attached hydrogens (tertiary/aromatic N) is 1. The molecule has 0 spiro atoms. The van der Waals surface area contributed by atoms with E-state index in [0.29, 0.717) is 12.1 Å². The third-order valence-corrected chi connectivity index (χ3v) is 3.10. The largest absolute Gasteiger partial charge is 0.399 e. The van der Waals surface area contributed by atoms with Gasteiger partial charge < -0.3 is 15.4 Å². The third-order valence-electron chi connectivity index (χ3n) is 3.10. The second kappa shape index (κ2) is 2.89. The zero-order chi connectivity index (χ0) is 9.54. The number of fused-ring (bicyclic) bond motifs is 2. The highest BCUT2D eigenvalue weighted by Gasteiger charge is 2.38. The Morgan fingerprint density at radius 3 is 3.00 bits per heavy atom. The van der Waals surface area contributed by atoms with Gasteiger partial charge in [-0.2, -0.15) is 0 Å². The molecule has 2 fully saturated rings. The average Bonchev–Trinajstić information content (AvgIpc) is 2.78. The van der Waals surface area contributed by atoms with Gasteiger partial charge in [-0.1, -0.05) is 6.07 Å². The molecule has 14 heavy (non-hydrogen) atoms. The summed E-state index contributed by atoms with van der Waals surface area (Å²) in [6.07, 6.45) is 1.62. The van der Waals surface area contributed by atoms with Gasteiger partial charge in [-0.25, -0.2) is 0 Å². The first-order chi connectivity index (χ1) is 6.83. The monoisotopic (exact) mass is 190 g/mol. The molecule has 2 N–H and O–H groups in total. The fraction of sp³-hybridized carbons (Fsp3) is 0.455. The van der Waals surface area contributed by atoms with Crippen molar-refractivity contribution >= 4 is 11.4 Å². The molecular formula is C11H14N2O. The van der Waals surface area contributed by atoms with E-state index in [4.69, 9.17) is 10.5 Å². The molecule has 0 radical (unpaired) electrons. The molecule has 3 heteroatoms. The Bertz CT molecular complexity index is 353. The Hall–Kier alpha value is -1.22. The number of hydrogen-bond donors (Lipinski definition) is 1. The van der Waals surface area contributed by atoms with Crippen molar-refractivity contribution in [3.63, 3.8) is 0 Å². The first kappa shape index (κ1) is 8.12. The standard InChI is InChI=1S/C11H14N2O/c12-8-2-1-3-9(4-8)13-6-11-5-10(13)7-14-11/h1-4,10-11H,5-7,12H2. The van der Waals surface area contributed by atoms with Crippen LogP contribution in [0.15, 0.2) is 24.3 Å². The van der Waals surface area contributed by atoms with E-state index in [0.717, 1.165) is 18.8 Å². The topological polar surface area (TPSA) is 38.5 Å². The highest BCUT2D eigenvalue weighted by Crippen LogP contribution is 2.32. The summed E-state index contributed by atoms with van der Waals surface area (Å²) in [6, 6.07) is 8.67. The third kappa shape index (κ3) is 1.16. The molecule has 3 nitrogen and oxygen atoms in total. The first-order valence-electron chi connectivity index (χ1n) is 5.07. The van der Waals surface area contributed by atoms with Crippen LogP contribution in [0.4, 0.5) is 11.4 Å². The molecule has 2 saturated heterocycles. The van der Waals surface area contributed by atoms with E-state index >= 15 is 0 Å². The lowest BCUT2D eigenvalue weighted by molar-refractivity contribution is 0.0991. The van der Waals surface area contributed by atoms with Crippen molar-refractivity contribution in [3.05, 3.63) is 24.3 Å². The van der Waals surface area contributed by atoms with E-state index in [1.165, 1.54) is 12.1 Å². The van der Waals surface area contributed by atoms with Crippen LogP contribution in [0.25, 0.3) is 0 Å². The lowest BCUT2D eigenvalue weighted by atomic mass is 10.2. The molecule has 0 aliphatic carbocycles. The van der Waals surface area contributed by atoms with Crippen molar-refractivity contribution in [2.24, 2.45) is 0 Å². The Kier molecular flexibility index (Phi) is 1.67. The van der Waals surface area contributed by atoms with Gasteiger partial charge in [-0.3, -0.25) is 0 Å². The van der Waals surface area contributed by atoms with Gasteiger partial charge in [0.25, 0.3) is 0 Å². The summed E-state index contributed by atoms with van der Waals surface area (Å²) in [5.41, 5.74) is 7.84. The molecular weight excluding hydrogens is 176 g/mol. The van der Waals surface area contributed by atoms with Gasteiger partial charge in [0, 0.05) is 17.9 Å². The summed E-state index contributed by atoms with van der Waals surface area (Å²) in [6.45, 7) is 1.90. The van der Waals surface area contributed by atoms with Crippen LogP contribution >= 0.6 is 0 Å². The predicted molar refractivity (Wildman–Crippen MR) is 56.3 cm³/mol. The molecule has 2 unspecified atom stereocenters. The summed E-state index contributed by atoms with van der Waals surface area (Å²) in [5.74, 6) is 0. The maximum absolute atomic E-state index is 5.77. The smallest absolute Gasteiger partial charge is 0.0771 e. The van der Waals surface area contributed by atoms with Crippen molar-refractivity contribution in [1.29, 1.82) is 0 Å². The molecule has 2 bridgehead atoms. The maximum atomic E-state index is 5.77. The van der Waals surface area contributed by atoms with Crippen LogP contribution in [-0.4, -0.2) is 25.3 Å². The summed E-state index contributed by atoms with van der Waals surface area (Å²) in [7, 11) is 0. The van der Waals surface area contributed by atoms with Crippen LogP contribution in [0.5, 0.6) is 0 Å². The zero-order valence-electron chi connectivity index (χ0n) is 8.02. The van der Waals surface area contributed by atoms with Gasteiger partial charge in [0.15, 0.2) is 0 Å². The average molecular weight is 190 g/mol. The summed E-state index contributed by atoms with van der Waals surface area (Å²) in [5, 5.41) is 0. The lowest BCUT2D eigenvalue weighted by Crippen LogP contribution is -2.36. The normalized spacial score (nSPS) is 29.9. The van der Waals surface area contributed by atoms with Crippen molar-refractivity contribution < 1.29 is 4.74 Å². The fourth-order valence-electron chi connectivity index (χ4n) is 2.42. The zero-order valence-corrected chi connectivity index (χ0v) is 8.02. The maximum Gasteiger partial charge on any atom is 0.0771 e. The van der Waals surface area contributed by atoms with Crippen LogP contribution in [-0.2, 0) is 4.74 Å². The quantitative estimate of drug-likeness (QED) is 0.677.